The number of fused-ring (bicyclic) bond motifs is 1. The van der Waals surface area contributed by atoms with Gasteiger partial charge >= 0.3 is 0 Å². The first-order chi connectivity index (χ1) is 19.5. The minimum Gasteiger partial charge on any atom is -0.480 e. The number of aromatic nitrogens is 4. The highest BCUT2D eigenvalue weighted by Crippen LogP contribution is 2.37. The molecule has 1 aliphatic rings. The molecule has 174 valence electrons. The highest BCUT2D eigenvalue weighted by atomic mass is 35.5. The van der Waals surface area contributed by atoms with Crippen molar-refractivity contribution >= 4 is 22.5 Å². The summed E-state index contributed by atoms with van der Waals surface area (Å²) >= 11 is 6.29. The Morgan fingerprint density at radius 3 is 2.74 bits per heavy atom. The number of rotatable bonds is 5. The highest BCUT2D eigenvalue weighted by Gasteiger charge is 2.24. The molecular formula is C25H22ClFN4O3. The van der Waals surface area contributed by atoms with Gasteiger partial charge in [0.2, 0.25) is 5.88 Å². The number of aliphatic hydroxyl groups excluding tert-OH is 1. The molecule has 7 nitrogen and oxygen atoms in total. The molecule has 1 unspecified atom stereocenters. The molecule has 0 amide bonds. The number of benzene rings is 2. The second-order valence-corrected chi connectivity index (χ2v) is 7.64. The maximum atomic E-state index is 15.3. The van der Waals surface area contributed by atoms with Crippen LogP contribution in [0.25, 0.3) is 22.2 Å². The minimum absolute atomic E-state index is 0.0357. The van der Waals surface area contributed by atoms with Gasteiger partial charge in [0.1, 0.15) is 23.9 Å². The number of aliphatic hydroxyl groups is 1. The van der Waals surface area contributed by atoms with Crippen molar-refractivity contribution in [1.29, 1.82) is 0 Å². The number of hydrogen-bond donors (Lipinski definition) is 1. The maximum Gasteiger partial charge on any atom is 0.238 e. The molecule has 4 aromatic rings. The second kappa shape index (κ2) is 9.58. The number of nitrogens with zero attached hydrogens (tertiary/aromatic N) is 4. The Kier molecular flexibility index (Phi) is 4.21. The first kappa shape index (κ1) is 14.9. The van der Waals surface area contributed by atoms with Crippen molar-refractivity contribution < 1.29 is 29.9 Å². The van der Waals surface area contributed by atoms with Crippen LogP contribution in [-0.4, -0.2) is 45.3 Å². The Morgan fingerprint density at radius 2 is 1.94 bits per heavy atom. The summed E-state index contributed by atoms with van der Waals surface area (Å²) in [5.41, 5.74) is 0.105. The number of methoxy groups -OCH3 is 1. The lowest BCUT2D eigenvalue weighted by atomic mass is 9.90. The van der Waals surface area contributed by atoms with Crippen molar-refractivity contribution in [1.82, 2.24) is 19.9 Å². The first-order valence-electron chi connectivity index (χ1n) is 14.0. The van der Waals surface area contributed by atoms with Gasteiger partial charge in [-0.1, -0.05) is 23.7 Å². The first-order valence-corrected chi connectivity index (χ1v) is 10.4. The van der Waals surface area contributed by atoms with Crippen LogP contribution in [0.1, 0.15) is 52.6 Å². The van der Waals surface area contributed by atoms with E-state index < -0.39 is 43.7 Å². The Morgan fingerprint density at radius 1 is 1.15 bits per heavy atom. The zero-order chi connectivity index (χ0) is 30.8. The molecule has 1 saturated heterocycles. The summed E-state index contributed by atoms with van der Waals surface area (Å²) in [4.78, 5) is 16.5. The van der Waals surface area contributed by atoms with Crippen molar-refractivity contribution in [2.45, 2.75) is 24.8 Å². The van der Waals surface area contributed by atoms with Crippen molar-refractivity contribution in [2.24, 2.45) is 0 Å². The predicted molar refractivity (Wildman–Crippen MR) is 125 cm³/mol. The smallest absolute Gasteiger partial charge is 0.238 e. The molecule has 0 radical (unpaired) electrons. The zero-order valence-corrected chi connectivity index (χ0v) is 18.3. The van der Waals surface area contributed by atoms with E-state index in [9.17, 15) is 5.11 Å². The van der Waals surface area contributed by atoms with E-state index in [1.807, 2.05) is 0 Å². The van der Waals surface area contributed by atoms with Gasteiger partial charge < -0.3 is 14.6 Å². The lowest BCUT2D eigenvalue weighted by Crippen LogP contribution is -2.14. The van der Waals surface area contributed by atoms with Gasteiger partial charge in [0.05, 0.1) is 23.8 Å². The maximum absolute atomic E-state index is 15.3. The molecule has 5 rings (SSSR count). The standard InChI is InChI=1S/C25H22ClFN4O3/c1-33-25-23(28-6-7-29-25)24(32)17-11-18(20(27)12-19(17)26)22-16-3-2-15(10-21(16)30-13-31-22)14-4-8-34-9-5-14/h2-3,6-7,10-14,24,32H,4-5,8-9H2,1H3/i4D2,5D2,8D2,9D2. The Bertz CT molecular complexity index is 1670. The molecule has 2 aromatic carbocycles. The fourth-order valence-corrected chi connectivity index (χ4v) is 3.91. The molecule has 0 aliphatic carbocycles. The summed E-state index contributed by atoms with van der Waals surface area (Å²) in [6.07, 6.45) is -3.64. The number of hydrogen-bond acceptors (Lipinski definition) is 7. The molecule has 9 heteroatoms. The van der Waals surface area contributed by atoms with Crippen LogP contribution in [0.2, 0.25) is 5.02 Å². The van der Waals surface area contributed by atoms with E-state index in [1.54, 1.807) is 0 Å². The van der Waals surface area contributed by atoms with Crippen molar-refractivity contribution in [2.75, 3.05) is 20.2 Å². The van der Waals surface area contributed by atoms with Gasteiger partial charge in [-0.3, -0.25) is 4.98 Å². The normalized spacial score (nSPS) is 24.8. The SMILES string of the molecule is [2H]C1([2H])OC([2H])([2H])C([2H])([2H])C(c2ccc3c(-c4cc(C(O)c5nccnc5OC)c(Cl)cc4F)ncnc3c2)C1([2H])[2H]. The fourth-order valence-electron chi connectivity index (χ4n) is 3.66. The van der Waals surface area contributed by atoms with Crippen LogP contribution in [0.4, 0.5) is 4.39 Å². The van der Waals surface area contributed by atoms with Crippen molar-refractivity contribution in [3.05, 3.63) is 76.7 Å². The molecule has 34 heavy (non-hydrogen) atoms. The van der Waals surface area contributed by atoms with Crippen molar-refractivity contribution in [3.63, 3.8) is 0 Å². The average molecular weight is 489 g/mol. The van der Waals surface area contributed by atoms with E-state index in [4.69, 9.17) is 27.3 Å². The Balaban J connectivity index is 1.64. The third-order valence-electron chi connectivity index (χ3n) is 5.28. The predicted octanol–water partition coefficient (Wildman–Crippen LogP) is 4.86. The van der Waals surface area contributed by atoms with E-state index in [0.717, 1.165) is 12.4 Å². The summed E-state index contributed by atoms with van der Waals surface area (Å²) < 4.78 is 90.5. The van der Waals surface area contributed by atoms with Crippen LogP contribution in [0, 0.1) is 5.82 Å². The Hall–Kier alpha value is -3.20. The molecule has 1 atom stereocenters. The van der Waals surface area contributed by atoms with Crippen molar-refractivity contribution in [3.8, 4) is 17.1 Å². The van der Waals surface area contributed by atoms with Crippen LogP contribution in [0.15, 0.2) is 49.1 Å². The highest BCUT2D eigenvalue weighted by molar-refractivity contribution is 6.31. The van der Waals surface area contributed by atoms with Gasteiger partial charge in [-0.2, -0.15) is 0 Å². The molecule has 1 N–H and O–H groups in total. The van der Waals surface area contributed by atoms with E-state index in [2.05, 4.69) is 24.7 Å². The summed E-state index contributed by atoms with van der Waals surface area (Å²) in [6.45, 7) is -6.35. The van der Waals surface area contributed by atoms with Crippen LogP contribution in [0.3, 0.4) is 0 Å². The summed E-state index contributed by atoms with van der Waals surface area (Å²) in [6, 6.07) is 6.21. The largest absolute Gasteiger partial charge is 0.480 e. The summed E-state index contributed by atoms with van der Waals surface area (Å²) in [5, 5.41) is 11.2. The third kappa shape index (κ3) is 4.20. The minimum atomic E-state index is -3.17. The lowest BCUT2D eigenvalue weighted by Gasteiger charge is -2.22. The van der Waals surface area contributed by atoms with Gasteiger partial charge in [-0.25, -0.2) is 19.3 Å². The Labute approximate surface area is 211 Å². The second-order valence-electron chi connectivity index (χ2n) is 7.23. The average Bonchev–Trinajstić information content (AvgIpc) is 2.91. The van der Waals surface area contributed by atoms with E-state index in [0.29, 0.717) is 0 Å². The molecule has 0 saturated carbocycles. The van der Waals surface area contributed by atoms with Gasteiger partial charge in [0, 0.05) is 52.5 Å². The van der Waals surface area contributed by atoms with E-state index >= 15 is 4.39 Å². The van der Waals surface area contributed by atoms with Gasteiger partial charge in [0.15, 0.2) is 0 Å². The molecule has 0 bridgehead atoms. The molecule has 1 fully saturated rings. The summed E-state index contributed by atoms with van der Waals surface area (Å²) in [7, 11) is 1.35. The number of halogens is 2. The molecule has 3 heterocycles. The molecule has 1 aliphatic heterocycles. The van der Waals surface area contributed by atoms with Crippen LogP contribution in [0.5, 0.6) is 5.88 Å². The quantitative estimate of drug-likeness (QED) is 0.429. The summed E-state index contributed by atoms with van der Waals surface area (Å²) in [5.74, 6) is -2.71. The molecule has 0 spiro atoms. The monoisotopic (exact) mass is 488 g/mol. The lowest BCUT2D eigenvalue weighted by molar-refractivity contribution is 0.0853. The molecule has 2 aromatic heterocycles. The van der Waals surface area contributed by atoms with E-state index in [1.165, 1.54) is 43.8 Å². The van der Waals surface area contributed by atoms with Gasteiger partial charge in [-0.15, -0.1) is 0 Å². The van der Waals surface area contributed by atoms with E-state index in [-0.39, 0.29) is 49.9 Å². The van der Waals surface area contributed by atoms with Gasteiger partial charge in [0.25, 0.3) is 0 Å². The molecular weight excluding hydrogens is 459 g/mol. The van der Waals surface area contributed by atoms with Crippen LogP contribution < -0.4 is 4.74 Å². The fraction of sp³-hybridized carbons (Fsp3) is 0.280. The zero-order valence-electron chi connectivity index (χ0n) is 25.6. The number of ether oxygens (including phenoxy) is 2. The topological polar surface area (TPSA) is 90.2 Å². The third-order valence-corrected chi connectivity index (χ3v) is 5.61. The van der Waals surface area contributed by atoms with Gasteiger partial charge in [-0.05, 0) is 42.4 Å². The van der Waals surface area contributed by atoms with Crippen LogP contribution >= 0.6 is 11.6 Å². The van der Waals surface area contributed by atoms with Crippen LogP contribution in [-0.2, 0) is 4.74 Å².